The lowest BCUT2D eigenvalue weighted by molar-refractivity contribution is 0.372. The molecule has 2 aliphatic rings. The zero-order chi connectivity index (χ0) is 17.4. The highest BCUT2D eigenvalue weighted by Crippen LogP contribution is 2.58. The highest BCUT2D eigenvalue weighted by atomic mass is 14.5. The highest BCUT2D eigenvalue weighted by Gasteiger charge is 2.45. The fourth-order valence-electron chi connectivity index (χ4n) is 4.06. The average Bonchev–Trinajstić information content (AvgIpc) is 3.34. The van der Waals surface area contributed by atoms with Crippen molar-refractivity contribution >= 4 is 0 Å². The van der Waals surface area contributed by atoms with Crippen molar-refractivity contribution in [1.29, 1.82) is 0 Å². The lowest BCUT2D eigenvalue weighted by Crippen LogP contribution is -2.24. The first-order valence-electron chi connectivity index (χ1n) is 9.82. The Labute approximate surface area is 149 Å². The Morgan fingerprint density at radius 3 is 2.17 bits per heavy atom. The second kappa shape index (κ2) is 6.54. The number of aryl methyl sites for hydroxylation is 1. The van der Waals surface area contributed by atoms with E-state index in [1.54, 1.807) is 11.1 Å². The molecule has 0 atom stereocenters. The second-order valence-electron chi connectivity index (χ2n) is 8.94. The predicted molar refractivity (Wildman–Crippen MR) is 105 cm³/mol. The molecule has 0 N–H and O–H groups in total. The van der Waals surface area contributed by atoms with Crippen LogP contribution in [0.15, 0.2) is 47.6 Å². The van der Waals surface area contributed by atoms with E-state index in [0.717, 1.165) is 0 Å². The number of allylic oxidation sites excluding steroid dienone is 4. The molecule has 1 aromatic carbocycles. The number of benzene rings is 1. The van der Waals surface area contributed by atoms with Gasteiger partial charge in [0.25, 0.3) is 0 Å². The molecule has 0 radical (unpaired) electrons. The summed E-state index contributed by atoms with van der Waals surface area (Å²) in [5.74, 6) is 0.658. The second-order valence-corrected chi connectivity index (χ2v) is 8.94. The molecular weight excluding hydrogens is 288 g/mol. The Hall–Kier alpha value is -1.30. The normalized spacial score (nSPS) is 19.9. The van der Waals surface area contributed by atoms with Gasteiger partial charge in [0.1, 0.15) is 0 Å². The van der Waals surface area contributed by atoms with Crippen LogP contribution in [-0.4, -0.2) is 0 Å². The van der Waals surface area contributed by atoms with Crippen molar-refractivity contribution in [3.8, 4) is 0 Å². The van der Waals surface area contributed by atoms with Crippen molar-refractivity contribution in [2.45, 2.75) is 78.6 Å². The largest absolute Gasteiger partial charge is 0.0810 e. The minimum Gasteiger partial charge on any atom is -0.0810 e. The molecule has 0 aliphatic heterocycles. The Kier molecular flexibility index (Phi) is 4.78. The van der Waals surface area contributed by atoms with Gasteiger partial charge in [-0.2, -0.15) is 0 Å². The van der Waals surface area contributed by atoms with Crippen LogP contribution >= 0.6 is 0 Å². The average molecular weight is 323 g/mol. The Balaban J connectivity index is 1.66. The van der Waals surface area contributed by atoms with Gasteiger partial charge >= 0.3 is 0 Å². The smallest absolute Gasteiger partial charge is 0.00438 e. The van der Waals surface area contributed by atoms with Crippen LogP contribution in [-0.2, 0) is 11.8 Å². The Morgan fingerprint density at radius 1 is 1.00 bits per heavy atom. The SMILES string of the molecule is CC1=CCCC=C1C1(CCc2ccc(C(C)(C)C(C)C)cc2)CC1. The van der Waals surface area contributed by atoms with Crippen LogP contribution in [0.2, 0.25) is 0 Å². The maximum atomic E-state index is 2.52. The van der Waals surface area contributed by atoms with Gasteiger partial charge in [0.2, 0.25) is 0 Å². The van der Waals surface area contributed by atoms with Gasteiger partial charge in [-0.25, -0.2) is 0 Å². The number of hydrogen-bond acceptors (Lipinski definition) is 0. The van der Waals surface area contributed by atoms with Crippen molar-refractivity contribution in [2.75, 3.05) is 0 Å². The lowest BCUT2D eigenvalue weighted by Gasteiger charge is -2.30. The van der Waals surface area contributed by atoms with Gasteiger partial charge in [-0.05, 0) is 78.9 Å². The summed E-state index contributed by atoms with van der Waals surface area (Å²) in [5.41, 5.74) is 6.96. The third kappa shape index (κ3) is 3.39. The van der Waals surface area contributed by atoms with Crippen LogP contribution in [0.3, 0.4) is 0 Å². The van der Waals surface area contributed by atoms with E-state index in [1.165, 1.54) is 49.7 Å². The van der Waals surface area contributed by atoms with Crippen molar-refractivity contribution in [3.05, 3.63) is 58.7 Å². The number of rotatable bonds is 6. The zero-order valence-electron chi connectivity index (χ0n) is 16.3. The standard InChI is InChI=1S/C24H34/c1-18(2)23(4,5)21-12-10-20(11-13-21)14-15-24(16-17-24)22-9-7-6-8-19(22)3/h8-13,18H,6-7,14-17H2,1-5H3. The summed E-state index contributed by atoms with van der Waals surface area (Å²) in [5, 5.41) is 0. The van der Waals surface area contributed by atoms with Crippen molar-refractivity contribution in [1.82, 2.24) is 0 Å². The quantitative estimate of drug-likeness (QED) is 0.529. The molecule has 0 bridgehead atoms. The highest BCUT2D eigenvalue weighted by molar-refractivity contribution is 5.41. The molecule has 0 amide bonds. The Morgan fingerprint density at radius 2 is 1.62 bits per heavy atom. The van der Waals surface area contributed by atoms with Gasteiger partial charge in [0, 0.05) is 0 Å². The molecule has 0 spiro atoms. The van der Waals surface area contributed by atoms with E-state index in [4.69, 9.17) is 0 Å². The van der Waals surface area contributed by atoms with Crippen molar-refractivity contribution in [3.63, 3.8) is 0 Å². The first-order valence-corrected chi connectivity index (χ1v) is 9.82. The summed E-state index contributed by atoms with van der Waals surface area (Å²) >= 11 is 0. The molecule has 1 aromatic rings. The summed E-state index contributed by atoms with van der Waals surface area (Å²) in [4.78, 5) is 0. The maximum absolute atomic E-state index is 2.52. The molecule has 2 aliphatic carbocycles. The minimum absolute atomic E-state index is 0.255. The molecule has 0 saturated heterocycles. The van der Waals surface area contributed by atoms with E-state index in [1.807, 2.05) is 0 Å². The van der Waals surface area contributed by atoms with Crippen LogP contribution < -0.4 is 0 Å². The molecule has 0 heterocycles. The van der Waals surface area contributed by atoms with Crippen molar-refractivity contribution < 1.29 is 0 Å². The molecule has 0 heteroatoms. The molecule has 24 heavy (non-hydrogen) atoms. The first-order chi connectivity index (χ1) is 11.3. The van der Waals surface area contributed by atoms with Crippen molar-refractivity contribution in [2.24, 2.45) is 11.3 Å². The van der Waals surface area contributed by atoms with Gasteiger partial charge in [0.15, 0.2) is 0 Å². The summed E-state index contributed by atoms with van der Waals surface area (Å²) in [6, 6.07) is 9.46. The predicted octanol–water partition coefficient (Wildman–Crippen LogP) is 7.00. The molecule has 130 valence electrons. The van der Waals surface area contributed by atoms with E-state index in [0.29, 0.717) is 11.3 Å². The summed E-state index contributed by atoms with van der Waals surface area (Å²) in [7, 11) is 0. The van der Waals surface area contributed by atoms with Gasteiger partial charge in [-0.3, -0.25) is 0 Å². The van der Waals surface area contributed by atoms with E-state index in [2.05, 4.69) is 71.0 Å². The van der Waals surface area contributed by atoms with Crippen LogP contribution in [0.1, 0.15) is 77.8 Å². The third-order valence-corrected chi connectivity index (χ3v) is 6.85. The minimum atomic E-state index is 0.255. The van der Waals surface area contributed by atoms with Crippen LogP contribution in [0.4, 0.5) is 0 Å². The van der Waals surface area contributed by atoms with Gasteiger partial charge in [0.05, 0.1) is 0 Å². The number of hydrogen-bond donors (Lipinski definition) is 0. The summed E-state index contributed by atoms with van der Waals surface area (Å²) in [6.45, 7) is 11.7. The maximum Gasteiger partial charge on any atom is -0.00438 e. The molecule has 0 aromatic heterocycles. The Bertz CT molecular complexity index is 633. The zero-order valence-corrected chi connectivity index (χ0v) is 16.3. The van der Waals surface area contributed by atoms with E-state index >= 15 is 0 Å². The van der Waals surface area contributed by atoms with Crippen LogP contribution in [0.25, 0.3) is 0 Å². The monoisotopic (exact) mass is 322 g/mol. The van der Waals surface area contributed by atoms with Gasteiger partial charge < -0.3 is 0 Å². The molecule has 3 rings (SSSR count). The summed E-state index contributed by atoms with van der Waals surface area (Å²) in [6.07, 6.45) is 12.8. The van der Waals surface area contributed by atoms with E-state index in [-0.39, 0.29) is 5.41 Å². The fraction of sp³-hybridized carbons (Fsp3) is 0.583. The third-order valence-electron chi connectivity index (χ3n) is 6.85. The molecule has 0 nitrogen and oxygen atoms in total. The van der Waals surface area contributed by atoms with Crippen LogP contribution in [0, 0.1) is 11.3 Å². The first kappa shape index (κ1) is 17.5. The topological polar surface area (TPSA) is 0 Å². The molecule has 0 unspecified atom stereocenters. The fourth-order valence-corrected chi connectivity index (χ4v) is 4.06. The molecule has 1 fully saturated rings. The van der Waals surface area contributed by atoms with E-state index < -0.39 is 0 Å². The molecule has 1 saturated carbocycles. The van der Waals surface area contributed by atoms with Gasteiger partial charge in [-0.15, -0.1) is 0 Å². The molecular formula is C24H34. The lowest BCUT2D eigenvalue weighted by atomic mass is 9.75. The van der Waals surface area contributed by atoms with Crippen LogP contribution in [0.5, 0.6) is 0 Å². The van der Waals surface area contributed by atoms with E-state index in [9.17, 15) is 0 Å². The van der Waals surface area contributed by atoms with Gasteiger partial charge in [-0.1, -0.05) is 69.7 Å². The summed E-state index contributed by atoms with van der Waals surface area (Å²) < 4.78 is 0.